The van der Waals surface area contributed by atoms with E-state index in [2.05, 4.69) is 6.07 Å². The van der Waals surface area contributed by atoms with Gasteiger partial charge < -0.3 is 9.74 Å². The molecule has 0 bridgehead atoms. The monoisotopic (exact) mass is 488 g/mol. The molecule has 1 saturated heterocycles. The van der Waals surface area contributed by atoms with Gasteiger partial charge in [-0.1, -0.05) is 64.7 Å². The van der Waals surface area contributed by atoms with Crippen molar-refractivity contribution in [2.24, 2.45) is 5.92 Å². The number of hydroxylamine groups is 2. The Kier molecular flexibility index (Phi) is 6.31. The first-order valence-electron chi connectivity index (χ1n) is 11.7. The number of carbonyl (C=O) groups excluding carboxylic acids is 3. The summed E-state index contributed by atoms with van der Waals surface area (Å²) in [6.07, 6.45) is 1.83. The molecule has 0 saturated carbocycles. The Morgan fingerprint density at radius 2 is 1.63 bits per heavy atom. The van der Waals surface area contributed by atoms with Crippen LogP contribution in [0.15, 0.2) is 66.7 Å². The van der Waals surface area contributed by atoms with Gasteiger partial charge in [0.1, 0.15) is 0 Å². The molecule has 0 aromatic heterocycles. The molecular formula is C28H25ClN2O4. The van der Waals surface area contributed by atoms with Crippen LogP contribution in [0.5, 0.6) is 0 Å². The van der Waals surface area contributed by atoms with Crippen molar-refractivity contribution < 1.29 is 19.2 Å². The van der Waals surface area contributed by atoms with Crippen molar-refractivity contribution in [2.75, 3.05) is 13.1 Å². The lowest BCUT2D eigenvalue weighted by Gasteiger charge is -2.31. The van der Waals surface area contributed by atoms with Crippen LogP contribution < -0.4 is 0 Å². The minimum absolute atomic E-state index is 0.236. The molecule has 2 aliphatic rings. The van der Waals surface area contributed by atoms with Gasteiger partial charge in [0.2, 0.25) is 0 Å². The van der Waals surface area contributed by atoms with Crippen molar-refractivity contribution in [3.05, 3.63) is 94.0 Å². The molecule has 3 aromatic rings. The van der Waals surface area contributed by atoms with E-state index in [1.165, 1.54) is 5.56 Å². The van der Waals surface area contributed by atoms with Gasteiger partial charge in [-0.15, -0.1) is 0 Å². The van der Waals surface area contributed by atoms with Gasteiger partial charge in [-0.05, 0) is 73.1 Å². The number of nitrogens with zero attached hydrogens (tertiary/aromatic N) is 2. The molecular weight excluding hydrogens is 464 g/mol. The molecule has 2 aliphatic heterocycles. The van der Waals surface area contributed by atoms with E-state index in [1.807, 2.05) is 49.4 Å². The molecule has 2 heterocycles. The van der Waals surface area contributed by atoms with E-state index in [4.69, 9.17) is 16.4 Å². The third kappa shape index (κ3) is 4.80. The zero-order chi connectivity index (χ0) is 24.5. The Balaban J connectivity index is 1.22. The van der Waals surface area contributed by atoms with Crippen molar-refractivity contribution in [1.29, 1.82) is 0 Å². The fourth-order valence-electron chi connectivity index (χ4n) is 4.76. The minimum Gasteiger partial charge on any atom is -0.310 e. The molecule has 3 amide bonds. The fraction of sp³-hybridized carbons (Fsp3) is 0.250. The van der Waals surface area contributed by atoms with Crippen LogP contribution in [-0.4, -0.2) is 41.0 Å². The van der Waals surface area contributed by atoms with E-state index in [-0.39, 0.29) is 11.1 Å². The number of rotatable bonds is 4. The zero-order valence-electron chi connectivity index (χ0n) is 19.4. The van der Waals surface area contributed by atoms with Crippen LogP contribution in [0.25, 0.3) is 11.1 Å². The summed E-state index contributed by atoms with van der Waals surface area (Å²) in [4.78, 5) is 45.4. The number of piperidine rings is 1. The van der Waals surface area contributed by atoms with Crippen LogP contribution in [0.1, 0.15) is 44.7 Å². The Labute approximate surface area is 209 Å². The van der Waals surface area contributed by atoms with Crippen LogP contribution in [-0.2, 0) is 11.3 Å². The minimum atomic E-state index is -0.681. The largest absolute Gasteiger partial charge is 0.434 e. The number of imide groups is 1. The van der Waals surface area contributed by atoms with Crippen LogP contribution in [0.2, 0.25) is 5.02 Å². The average Bonchev–Trinajstić information content (AvgIpc) is 3.09. The number of hydrogen-bond donors (Lipinski definition) is 0. The zero-order valence-corrected chi connectivity index (χ0v) is 20.1. The van der Waals surface area contributed by atoms with Gasteiger partial charge in [0, 0.05) is 18.1 Å². The summed E-state index contributed by atoms with van der Waals surface area (Å²) in [5.74, 6) is -0.814. The summed E-state index contributed by atoms with van der Waals surface area (Å²) in [5.41, 5.74) is 4.51. The molecule has 0 unspecified atom stereocenters. The predicted octanol–water partition coefficient (Wildman–Crippen LogP) is 5.92. The maximum atomic E-state index is 13.0. The molecule has 0 N–H and O–H groups in total. The van der Waals surface area contributed by atoms with E-state index < -0.39 is 17.9 Å². The van der Waals surface area contributed by atoms with Crippen molar-refractivity contribution >= 4 is 29.5 Å². The Morgan fingerprint density at radius 1 is 0.914 bits per heavy atom. The first-order valence-corrected chi connectivity index (χ1v) is 12.1. The number of benzene rings is 3. The van der Waals surface area contributed by atoms with E-state index in [1.54, 1.807) is 23.1 Å². The summed E-state index contributed by atoms with van der Waals surface area (Å²) in [6.45, 7) is 3.00. The molecule has 5 rings (SSSR count). The lowest BCUT2D eigenvalue weighted by atomic mass is 9.90. The molecule has 3 aromatic carbocycles. The summed E-state index contributed by atoms with van der Waals surface area (Å²) in [7, 11) is 0. The molecule has 0 atom stereocenters. The summed E-state index contributed by atoms with van der Waals surface area (Å²) in [6, 6.07) is 20.8. The highest BCUT2D eigenvalue weighted by molar-refractivity contribution is 6.30. The third-order valence-corrected chi connectivity index (χ3v) is 6.89. The number of fused-ring (bicyclic) bond motifs is 1. The maximum absolute atomic E-state index is 13.0. The second-order valence-electron chi connectivity index (χ2n) is 9.16. The topological polar surface area (TPSA) is 66.9 Å². The first kappa shape index (κ1) is 23.1. The molecule has 0 aliphatic carbocycles. The molecule has 1 fully saturated rings. The number of likely N-dealkylation sites (tertiary alicyclic amines) is 1. The van der Waals surface area contributed by atoms with Crippen molar-refractivity contribution in [3.63, 3.8) is 0 Å². The Hall–Kier alpha value is -3.64. The van der Waals surface area contributed by atoms with Crippen LogP contribution in [0.4, 0.5) is 4.79 Å². The number of carbonyl (C=O) groups is 3. The fourth-order valence-corrected chi connectivity index (χ4v) is 4.97. The smallest absolute Gasteiger partial charge is 0.310 e. The first-order chi connectivity index (χ1) is 16.9. The van der Waals surface area contributed by atoms with Crippen LogP contribution >= 0.6 is 11.6 Å². The van der Waals surface area contributed by atoms with Crippen molar-refractivity contribution in [1.82, 2.24) is 9.96 Å². The maximum Gasteiger partial charge on any atom is 0.434 e. The van der Waals surface area contributed by atoms with E-state index in [9.17, 15) is 14.4 Å². The summed E-state index contributed by atoms with van der Waals surface area (Å²) in [5, 5.41) is 1.31. The molecule has 0 spiro atoms. The normalized spacial score (nSPS) is 15.9. The number of amides is 3. The standard InChI is InChI=1S/C28H25ClN2O4/c1-18-4-2-6-21(14-18)22-8-9-24-25(17-22)27(33)31(26(24)32)35-28(34)30-12-10-19(11-13-30)15-20-5-3-7-23(29)16-20/h2-9,14,16-17,19H,10-13,15H2,1H3. The highest BCUT2D eigenvalue weighted by atomic mass is 35.5. The second kappa shape index (κ2) is 9.55. The van der Waals surface area contributed by atoms with Crippen molar-refractivity contribution in [3.8, 4) is 11.1 Å². The van der Waals surface area contributed by atoms with E-state index >= 15 is 0 Å². The quantitative estimate of drug-likeness (QED) is 0.428. The lowest BCUT2D eigenvalue weighted by Crippen LogP contribution is -2.43. The Bertz CT molecular complexity index is 1310. The predicted molar refractivity (Wildman–Crippen MR) is 133 cm³/mol. The van der Waals surface area contributed by atoms with Crippen molar-refractivity contribution in [2.45, 2.75) is 26.2 Å². The van der Waals surface area contributed by atoms with Gasteiger partial charge in [0.15, 0.2) is 0 Å². The van der Waals surface area contributed by atoms with Gasteiger partial charge in [-0.25, -0.2) is 4.79 Å². The van der Waals surface area contributed by atoms with Gasteiger partial charge in [-0.3, -0.25) is 9.59 Å². The number of halogens is 1. The third-order valence-electron chi connectivity index (χ3n) is 6.66. The SMILES string of the molecule is Cc1cccc(-c2ccc3c(c2)C(=O)N(OC(=O)N2CCC(Cc4cccc(Cl)c4)CC2)C3=O)c1. The molecule has 35 heavy (non-hydrogen) atoms. The Morgan fingerprint density at radius 3 is 2.37 bits per heavy atom. The van der Waals surface area contributed by atoms with Gasteiger partial charge >= 0.3 is 6.09 Å². The molecule has 0 radical (unpaired) electrons. The van der Waals surface area contributed by atoms with Gasteiger partial charge in [0.25, 0.3) is 11.8 Å². The van der Waals surface area contributed by atoms with E-state index in [0.717, 1.165) is 41.0 Å². The van der Waals surface area contributed by atoms with Gasteiger partial charge in [0.05, 0.1) is 11.1 Å². The molecule has 7 heteroatoms. The van der Waals surface area contributed by atoms with Crippen LogP contribution in [0, 0.1) is 12.8 Å². The molecule has 178 valence electrons. The highest BCUT2D eigenvalue weighted by Crippen LogP contribution is 2.30. The lowest BCUT2D eigenvalue weighted by molar-refractivity contribution is -0.0594. The highest BCUT2D eigenvalue weighted by Gasteiger charge is 2.40. The van der Waals surface area contributed by atoms with Crippen LogP contribution in [0.3, 0.4) is 0 Å². The number of hydrogen-bond acceptors (Lipinski definition) is 4. The second-order valence-corrected chi connectivity index (χ2v) is 9.59. The average molecular weight is 489 g/mol. The summed E-state index contributed by atoms with van der Waals surface area (Å²) < 4.78 is 0. The van der Waals surface area contributed by atoms with Gasteiger partial charge in [-0.2, -0.15) is 0 Å². The number of aryl methyl sites for hydroxylation is 1. The molecule has 6 nitrogen and oxygen atoms in total. The van der Waals surface area contributed by atoms with E-state index in [0.29, 0.717) is 24.1 Å². The summed E-state index contributed by atoms with van der Waals surface area (Å²) >= 11 is 6.08.